The monoisotopic (exact) mass is 648 g/mol. The van der Waals surface area contributed by atoms with Crippen LogP contribution in [0.25, 0.3) is 0 Å². The van der Waals surface area contributed by atoms with E-state index in [-0.39, 0.29) is 12.5 Å². The molecule has 0 saturated heterocycles. The Morgan fingerprint density at radius 3 is 1.93 bits per heavy atom. The molecule has 0 fully saturated rings. The van der Waals surface area contributed by atoms with E-state index in [4.69, 9.17) is 21.1 Å². The average molecular weight is 649 g/mol. The van der Waals surface area contributed by atoms with Crippen molar-refractivity contribution in [2.45, 2.75) is 59.6 Å². The molecule has 0 aliphatic carbocycles. The van der Waals surface area contributed by atoms with Crippen LogP contribution in [0.4, 0.5) is 5.69 Å². The minimum atomic E-state index is -3.79. The first-order chi connectivity index (χ1) is 21.2. The van der Waals surface area contributed by atoms with Gasteiger partial charge in [0.15, 0.2) is 6.61 Å². The van der Waals surface area contributed by atoms with E-state index < -0.39 is 10.0 Å². The number of benzene rings is 4. The SMILES string of the molecule is Cc1cc(C)c(C)c(S(=O)(=O)N(C)c2ccc(OCC(=O)N(C)Cc3cc(C)c(OCc4ccccc4Cl)c(C)c3)cc2)c1C. The largest absolute Gasteiger partial charge is 0.488 e. The quantitative estimate of drug-likeness (QED) is 0.167. The molecule has 45 heavy (non-hydrogen) atoms. The fourth-order valence-electron chi connectivity index (χ4n) is 5.34. The van der Waals surface area contributed by atoms with Gasteiger partial charge >= 0.3 is 0 Å². The van der Waals surface area contributed by atoms with Crippen LogP contribution in [0.15, 0.2) is 71.6 Å². The molecule has 0 aliphatic rings. The van der Waals surface area contributed by atoms with Crippen LogP contribution in [0, 0.1) is 41.5 Å². The third-order valence-electron chi connectivity index (χ3n) is 8.17. The molecule has 0 N–H and O–H groups in total. The number of carbonyl (C=O) groups excluding carboxylic acids is 1. The Bertz CT molecular complexity index is 1770. The summed E-state index contributed by atoms with van der Waals surface area (Å²) in [5.41, 5.74) is 7.71. The minimum absolute atomic E-state index is 0.151. The molecule has 0 spiro atoms. The van der Waals surface area contributed by atoms with Crippen molar-refractivity contribution in [2.24, 2.45) is 0 Å². The first-order valence-electron chi connectivity index (χ1n) is 14.7. The zero-order valence-electron chi connectivity index (χ0n) is 27.2. The normalized spacial score (nSPS) is 11.3. The van der Waals surface area contributed by atoms with Crippen LogP contribution in [0.5, 0.6) is 11.5 Å². The number of likely N-dealkylation sites (N-methyl/N-ethyl adjacent to an activating group) is 1. The Morgan fingerprint density at radius 2 is 1.36 bits per heavy atom. The van der Waals surface area contributed by atoms with Crippen molar-refractivity contribution in [3.05, 3.63) is 116 Å². The highest BCUT2D eigenvalue weighted by molar-refractivity contribution is 7.93. The lowest BCUT2D eigenvalue weighted by atomic mass is 10.0. The summed E-state index contributed by atoms with van der Waals surface area (Å²) in [5, 5.41) is 0.668. The van der Waals surface area contributed by atoms with E-state index in [2.05, 4.69) is 0 Å². The number of halogens is 1. The first-order valence-corrected chi connectivity index (χ1v) is 16.5. The summed E-state index contributed by atoms with van der Waals surface area (Å²) in [6, 6.07) is 20.3. The van der Waals surface area contributed by atoms with Gasteiger partial charge in [-0.1, -0.05) is 48.0 Å². The Balaban J connectivity index is 1.36. The lowest BCUT2D eigenvalue weighted by molar-refractivity contribution is -0.132. The summed E-state index contributed by atoms with van der Waals surface area (Å²) in [5.74, 6) is 1.09. The van der Waals surface area contributed by atoms with E-state index in [0.29, 0.717) is 34.5 Å². The second-order valence-corrected chi connectivity index (χ2v) is 13.8. The molecule has 0 bridgehead atoms. The molecule has 0 unspecified atom stereocenters. The molecule has 0 atom stereocenters. The van der Waals surface area contributed by atoms with Crippen molar-refractivity contribution in [3.63, 3.8) is 0 Å². The van der Waals surface area contributed by atoms with Gasteiger partial charge in [0.25, 0.3) is 15.9 Å². The number of ether oxygens (including phenoxy) is 2. The number of amides is 1. The van der Waals surface area contributed by atoms with E-state index in [0.717, 1.165) is 50.3 Å². The Hall–Kier alpha value is -4.01. The number of aryl methyl sites for hydroxylation is 4. The van der Waals surface area contributed by atoms with E-state index in [9.17, 15) is 13.2 Å². The zero-order chi connectivity index (χ0) is 33.1. The third kappa shape index (κ3) is 7.63. The molecule has 7 nitrogen and oxygen atoms in total. The van der Waals surface area contributed by atoms with Crippen LogP contribution < -0.4 is 13.8 Å². The van der Waals surface area contributed by atoms with Gasteiger partial charge in [-0.05, 0) is 111 Å². The van der Waals surface area contributed by atoms with Crippen molar-refractivity contribution in [1.82, 2.24) is 4.90 Å². The van der Waals surface area contributed by atoms with E-state index in [1.54, 1.807) is 43.3 Å². The maximum Gasteiger partial charge on any atom is 0.264 e. The molecule has 0 aromatic heterocycles. The van der Waals surface area contributed by atoms with Gasteiger partial charge in [-0.25, -0.2) is 8.42 Å². The van der Waals surface area contributed by atoms with Crippen molar-refractivity contribution in [3.8, 4) is 11.5 Å². The average Bonchev–Trinajstić information content (AvgIpc) is 2.99. The Labute approximate surface area is 272 Å². The van der Waals surface area contributed by atoms with Crippen LogP contribution in [-0.2, 0) is 28.0 Å². The van der Waals surface area contributed by atoms with Crippen molar-refractivity contribution >= 4 is 33.2 Å². The number of hydrogen-bond acceptors (Lipinski definition) is 5. The van der Waals surface area contributed by atoms with Crippen LogP contribution in [-0.4, -0.2) is 39.9 Å². The molecule has 9 heteroatoms. The second-order valence-electron chi connectivity index (χ2n) is 11.5. The molecule has 4 aromatic rings. The van der Waals surface area contributed by atoms with Gasteiger partial charge in [0.2, 0.25) is 0 Å². The summed E-state index contributed by atoms with van der Waals surface area (Å²) in [6.07, 6.45) is 0. The van der Waals surface area contributed by atoms with Crippen LogP contribution in [0.2, 0.25) is 5.02 Å². The Kier molecular flexibility index (Phi) is 10.5. The lowest BCUT2D eigenvalue weighted by Crippen LogP contribution is -2.31. The van der Waals surface area contributed by atoms with E-state index in [1.165, 1.54) is 4.31 Å². The smallest absolute Gasteiger partial charge is 0.264 e. The summed E-state index contributed by atoms with van der Waals surface area (Å²) in [6.45, 7) is 12.1. The highest BCUT2D eigenvalue weighted by atomic mass is 35.5. The fourth-order valence-corrected chi connectivity index (χ4v) is 7.30. The topological polar surface area (TPSA) is 76.2 Å². The molecule has 4 rings (SSSR count). The fraction of sp³-hybridized carbons (Fsp3) is 0.306. The second kappa shape index (κ2) is 14.0. The molecule has 1 amide bonds. The van der Waals surface area contributed by atoms with Gasteiger partial charge in [-0.15, -0.1) is 0 Å². The van der Waals surface area contributed by atoms with Crippen molar-refractivity contribution in [2.75, 3.05) is 25.0 Å². The summed E-state index contributed by atoms with van der Waals surface area (Å²) < 4.78 is 40.3. The number of anilines is 1. The molecular formula is C36H41ClN2O5S. The van der Waals surface area contributed by atoms with Gasteiger partial charge in [0.1, 0.15) is 18.1 Å². The van der Waals surface area contributed by atoms with Crippen molar-refractivity contribution in [1.29, 1.82) is 0 Å². The predicted molar refractivity (Wildman–Crippen MR) is 181 cm³/mol. The van der Waals surface area contributed by atoms with Gasteiger partial charge in [0, 0.05) is 31.2 Å². The molecular weight excluding hydrogens is 608 g/mol. The van der Waals surface area contributed by atoms with Crippen molar-refractivity contribution < 1.29 is 22.7 Å². The van der Waals surface area contributed by atoms with Crippen LogP contribution in [0.1, 0.15) is 44.5 Å². The molecule has 4 aromatic carbocycles. The first kappa shape index (κ1) is 33.9. The predicted octanol–water partition coefficient (Wildman–Crippen LogP) is 7.63. The third-order valence-corrected chi connectivity index (χ3v) is 10.6. The Morgan fingerprint density at radius 1 is 0.778 bits per heavy atom. The van der Waals surface area contributed by atoms with Gasteiger partial charge in [-0.2, -0.15) is 0 Å². The number of carbonyl (C=O) groups is 1. The van der Waals surface area contributed by atoms with Crippen LogP contribution in [0.3, 0.4) is 0 Å². The highest BCUT2D eigenvalue weighted by Crippen LogP contribution is 2.32. The number of sulfonamides is 1. The van der Waals surface area contributed by atoms with Gasteiger partial charge in [-0.3, -0.25) is 9.10 Å². The molecule has 0 radical (unpaired) electrons. The van der Waals surface area contributed by atoms with Gasteiger partial charge in [0.05, 0.1) is 10.6 Å². The maximum absolute atomic E-state index is 13.6. The highest BCUT2D eigenvalue weighted by Gasteiger charge is 2.27. The summed E-state index contributed by atoms with van der Waals surface area (Å²) >= 11 is 6.27. The number of rotatable bonds is 11. The molecule has 0 aliphatic heterocycles. The summed E-state index contributed by atoms with van der Waals surface area (Å²) in [4.78, 5) is 14.9. The number of hydrogen-bond donors (Lipinski definition) is 0. The lowest BCUT2D eigenvalue weighted by Gasteiger charge is -2.24. The molecule has 0 heterocycles. The standard InChI is InChI=1S/C36H41ClN2O5S/c1-23-17-24(2)28(6)36(27(23)5)45(41,42)39(8)31-13-15-32(16-14-31)43-22-34(40)38(7)20-29-18-25(3)35(26(4)19-29)44-21-30-11-9-10-12-33(30)37/h9-19H,20-22H2,1-8H3. The number of nitrogens with zero attached hydrogens (tertiary/aromatic N) is 2. The van der Waals surface area contributed by atoms with E-state index >= 15 is 0 Å². The zero-order valence-corrected chi connectivity index (χ0v) is 28.8. The molecule has 238 valence electrons. The van der Waals surface area contributed by atoms with Crippen LogP contribution >= 0.6 is 11.6 Å². The molecule has 0 saturated carbocycles. The minimum Gasteiger partial charge on any atom is -0.488 e. The van der Waals surface area contributed by atoms with E-state index in [1.807, 2.05) is 84.0 Å². The maximum atomic E-state index is 13.6. The van der Waals surface area contributed by atoms with Gasteiger partial charge < -0.3 is 14.4 Å². The summed E-state index contributed by atoms with van der Waals surface area (Å²) in [7, 11) is -0.509.